The van der Waals surface area contributed by atoms with Crippen molar-refractivity contribution in [3.63, 3.8) is 0 Å². The van der Waals surface area contributed by atoms with Crippen molar-refractivity contribution in [1.29, 1.82) is 0 Å². The minimum atomic E-state index is -0.521. The molecule has 1 unspecified atom stereocenters. The van der Waals surface area contributed by atoms with E-state index < -0.39 is 6.10 Å². The largest absolute Gasteiger partial charge is 0.389 e. The van der Waals surface area contributed by atoms with Crippen LogP contribution >= 0.6 is 0 Å². The van der Waals surface area contributed by atoms with Crippen LogP contribution in [0.2, 0.25) is 0 Å². The van der Waals surface area contributed by atoms with Gasteiger partial charge in [0.25, 0.3) is 0 Å². The minimum absolute atomic E-state index is 0.306. The van der Waals surface area contributed by atoms with Gasteiger partial charge in [0.1, 0.15) is 5.76 Å². The van der Waals surface area contributed by atoms with Crippen molar-refractivity contribution < 1.29 is 14.4 Å². The standard InChI is InChI=1S/C15H19N3O3/c1-9-14(11(3)21-18-9)8-16-15(20)17-13-6-4-12(5-7-13)10(2)19/h4-7,10,19H,8H2,1-3H3,(H2,16,17,20). The van der Waals surface area contributed by atoms with Crippen LogP contribution in [0.4, 0.5) is 10.5 Å². The number of nitrogens with one attached hydrogen (secondary N) is 2. The molecule has 1 aromatic heterocycles. The normalized spacial score (nSPS) is 12.0. The maximum atomic E-state index is 11.8. The molecule has 0 aliphatic rings. The van der Waals surface area contributed by atoms with Crippen LogP contribution in [0, 0.1) is 13.8 Å². The molecule has 2 amide bonds. The maximum Gasteiger partial charge on any atom is 0.319 e. The first-order chi connectivity index (χ1) is 9.97. The van der Waals surface area contributed by atoms with Gasteiger partial charge in [0, 0.05) is 17.8 Å². The number of rotatable bonds is 4. The number of aryl methyl sites for hydroxylation is 2. The number of carbonyl (C=O) groups excluding carboxylic acids is 1. The lowest BCUT2D eigenvalue weighted by Gasteiger charge is -2.09. The molecule has 6 nitrogen and oxygen atoms in total. The van der Waals surface area contributed by atoms with Crippen molar-refractivity contribution in [1.82, 2.24) is 10.5 Å². The molecule has 0 spiro atoms. The number of urea groups is 1. The first-order valence-electron chi connectivity index (χ1n) is 6.72. The van der Waals surface area contributed by atoms with Crippen molar-refractivity contribution in [3.05, 3.63) is 46.8 Å². The van der Waals surface area contributed by atoms with E-state index >= 15 is 0 Å². The van der Waals surface area contributed by atoms with Gasteiger partial charge in [0.15, 0.2) is 0 Å². The highest BCUT2D eigenvalue weighted by atomic mass is 16.5. The highest BCUT2D eigenvalue weighted by molar-refractivity contribution is 5.89. The monoisotopic (exact) mass is 289 g/mol. The molecule has 2 rings (SSSR count). The molecule has 0 saturated carbocycles. The lowest BCUT2D eigenvalue weighted by Crippen LogP contribution is -2.28. The summed E-state index contributed by atoms with van der Waals surface area (Å²) in [6, 6.07) is 6.73. The second-order valence-electron chi connectivity index (χ2n) is 4.91. The summed E-state index contributed by atoms with van der Waals surface area (Å²) in [5, 5.41) is 18.7. The molecule has 0 bridgehead atoms. The number of hydrogen-bond acceptors (Lipinski definition) is 4. The molecule has 0 aliphatic carbocycles. The Labute approximate surface area is 123 Å². The van der Waals surface area contributed by atoms with Gasteiger partial charge in [-0.15, -0.1) is 0 Å². The Kier molecular flexibility index (Phi) is 4.59. The van der Waals surface area contributed by atoms with E-state index in [1.54, 1.807) is 31.2 Å². The zero-order valence-corrected chi connectivity index (χ0v) is 12.3. The number of carbonyl (C=O) groups is 1. The van der Waals surface area contributed by atoms with Crippen molar-refractivity contribution in [2.24, 2.45) is 0 Å². The molecular weight excluding hydrogens is 270 g/mol. The first-order valence-corrected chi connectivity index (χ1v) is 6.72. The average Bonchev–Trinajstić information content (AvgIpc) is 2.76. The quantitative estimate of drug-likeness (QED) is 0.807. The highest BCUT2D eigenvalue weighted by Gasteiger charge is 2.10. The predicted molar refractivity (Wildman–Crippen MR) is 78.9 cm³/mol. The van der Waals surface area contributed by atoms with Gasteiger partial charge in [-0.3, -0.25) is 0 Å². The van der Waals surface area contributed by atoms with Gasteiger partial charge in [-0.1, -0.05) is 17.3 Å². The van der Waals surface area contributed by atoms with Gasteiger partial charge in [0.05, 0.1) is 11.8 Å². The molecule has 0 fully saturated rings. The van der Waals surface area contributed by atoms with Gasteiger partial charge < -0.3 is 20.3 Å². The number of benzene rings is 1. The van der Waals surface area contributed by atoms with Crippen molar-refractivity contribution in [2.45, 2.75) is 33.4 Å². The van der Waals surface area contributed by atoms with Crippen molar-refractivity contribution >= 4 is 11.7 Å². The van der Waals surface area contributed by atoms with E-state index in [-0.39, 0.29) is 6.03 Å². The Hall–Kier alpha value is -2.34. The Balaban J connectivity index is 1.90. The smallest absolute Gasteiger partial charge is 0.319 e. The maximum absolute atomic E-state index is 11.8. The van der Waals surface area contributed by atoms with Gasteiger partial charge in [-0.2, -0.15) is 0 Å². The second-order valence-corrected chi connectivity index (χ2v) is 4.91. The molecule has 0 aliphatic heterocycles. The van der Waals surface area contributed by atoms with Gasteiger partial charge in [-0.25, -0.2) is 4.79 Å². The third-order valence-corrected chi connectivity index (χ3v) is 3.26. The summed E-state index contributed by atoms with van der Waals surface area (Å²) in [4.78, 5) is 11.8. The molecule has 1 aromatic carbocycles. The van der Waals surface area contributed by atoms with Crippen LogP contribution in [0.15, 0.2) is 28.8 Å². The summed E-state index contributed by atoms with van der Waals surface area (Å²) in [6.07, 6.45) is -0.521. The number of aromatic nitrogens is 1. The molecular formula is C15H19N3O3. The molecule has 112 valence electrons. The van der Waals surface area contributed by atoms with E-state index in [4.69, 9.17) is 4.52 Å². The molecule has 6 heteroatoms. The Morgan fingerprint density at radius 2 is 2.00 bits per heavy atom. The predicted octanol–water partition coefficient (Wildman–Crippen LogP) is 2.67. The number of amides is 2. The van der Waals surface area contributed by atoms with E-state index in [0.29, 0.717) is 18.0 Å². The van der Waals surface area contributed by atoms with Crippen LogP contribution in [0.25, 0.3) is 0 Å². The molecule has 2 aromatic rings. The first kappa shape index (κ1) is 15.1. The Morgan fingerprint density at radius 3 is 2.52 bits per heavy atom. The van der Waals surface area contributed by atoms with E-state index in [9.17, 15) is 9.90 Å². The van der Waals surface area contributed by atoms with Crippen LogP contribution in [0.1, 0.15) is 35.6 Å². The Bertz CT molecular complexity index is 598. The summed E-state index contributed by atoms with van der Waals surface area (Å²) in [5.74, 6) is 0.703. The van der Waals surface area contributed by atoms with Crippen LogP contribution in [-0.2, 0) is 6.54 Å². The summed E-state index contributed by atoms with van der Waals surface area (Å²) in [7, 11) is 0. The third-order valence-electron chi connectivity index (χ3n) is 3.26. The zero-order valence-electron chi connectivity index (χ0n) is 12.3. The van der Waals surface area contributed by atoms with Crippen LogP contribution in [0.5, 0.6) is 0 Å². The van der Waals surface area contributed by atoms with Crippen LogP contribution in [0.3, 0.4) is 0 Å². The van der Waals surface area contributed by atoms with Crippen molar-refractivity contribution in [2.75, 3.05) is 5.32 Å². The summed E-state index contributed by atoms with van der Waals surface area (Å²) in [5.41, 5.74) is 3.12. The number of nitrogens with zero attached hydrogens (tertiary/aromatic N) is 1. The Morgan fingerprint density at radius 1 is 1.33 bits per heavy atom. The molecule has 3 N–H and O–H groups in total. The average molecular weight is 289 g/mol. The van der Waals surface area contributed by atoms with E-state index in [1.807, 2.05) is 13.8 Å². The number of aliphatic hydroxyl groups excluding tert-OH is 1. The van der Waals surface area contributed by atoms with E-state index in [1.165, 1.54) is 0 Å². The lowest BCUT2D eigenvalue weighted by molar-refractivity contribution is 0.199. The third kappa shape index (κ3) is 3.82. The van der Waals surface area contributed by atoms with E-state index in [2.05, 4.69) is 15.8 Å². The zero-order chi connectivity index (χ0) is 15.4. The fourth-order valence-electron chi connectivity index (χ4n) is 1.94. The molecule has 21 heavy (non-hydrogen) atoms. The molecule has 1 atom stereocenters. The lowest BCUT2D eigenvalue weighted by atomic mass is 10.1. The summed E-state index contributed by atoms with van der Waals surface area (Å²) >= 11 is 0. The topological polar surface area (TPSA) is 87.4 Å². The number of anilines is 1. The highest BCUT2D eigenvalue weighted by Crippen LogP contribution is 2.15. The van der Waals surface area contributed by atoms with E-state index in [0.717, 1.165) is 16.8 Å². The summed E-state index contributed by atoms with van der Waals surface area (Å²) in [6.45, 7) is 5.70. The van der Waals surface area contributed by atoms with Crippen molar-refractivity contribution in [3.8, 4) is 0 Å². The van der Waals surface area contributed by atoms with Crippen LogP contribution in [-0.4, -0.2) is 16.3 Å². The van der Waals surface area contributed by atoms with Crippen LogP contribution < -0.4 is 10.6 Å². The number of hydrogen-bond donors (Lipinski definition) is 3. The molecule has 0 saturated heterocycles. The fourth-order valence-corrected chi connectivity index (χ4v) is 1.94. The van der Waals surface area contributed by atoms with Gasteiger partial charge in [0.2, 0.25) is 0 Å². The molecule has 1 heterocycles. The SMILES string of the molecule is Cc1noc(C)c1CNC(=O)Nc1ccc(C(C)O)cc1. The second kappa shape index (κ2) is 6.41. The molecule has 0 radical (unpaired) electrons. The van der Waals surface area contributed by atoms with Gasteiger partial charge >= 0.3 is 6.03 Å². The number of aliphatic hydroxyl groups is 1. The minimum Gasteiger partial charge on any atom is -0.389 e. The summed E-state index contributed by atoms with van der Waals surface area (Å²) < 4.78 is 5.04. The fraction of sp³-hybridized carbons (Fsp3) is 0.333. The van der Waals surface area contributed by atoms with Gasteiger partial charge in [-0.05, 0) is 38.5 Å².